The number of anilines is 1. The minimum absolute atomic E-state index is 0.0619. The maximum Gasteiger partial charge on any atom is 0.228 e. The van der Waals surface area contributed by atoms with Crippen molar-refractivity contribution in [2.75, 3.05) is 5.32 Å². The van der Waals surface area contributed by atoms with E-state index in [0.29, 0.717) is 0 Å². The van der Waals surface area contributed by atoms with E-state index in [1.54, 1.807) is 6.26 Å². The van der Waals surface area contributed by atoms with Crippen molar-refractivity contribution in [3.8, 4) is 11.1 Å². The van der Waals surface area contributed by atoms with Crippen molar-refractivity contribution >= 4 is 33.3 Å². The summed E-state index contributed by atoms with van der Waals surface area (Å²) in [6.45, 7) is 0. The normalized spacial score (nSPS) is 11.0. The third kappa shape index (κ3) is 3.39. The quantitative estimate of drug-likeness (QED) is 0.392. The summed E-state index contributed by atoms with van der Waals surface area (Å²) in [7, 11) is 0. The Bertz CT molecular complexity index is 1300. The minimum Gasteiger partial charge on any atom is -0.464 e. The molecule has 1 heterocycles. The zero-order chi connectivity index (χ0) is 19.6. The summed E-state index contributed by atoms with van der Waals surface area (Å²) in [5, 5.41) is 6.25. The first-order chi connectivity index (χ1) is 14.3. The van der Waals surface area contributed by atoms with E-state index in [9.17, 15) is 4.79 Å². The zero-order valence-corrected chi connectivity index (χ0v) is 15.8. The van der Waals surface area contributed by atoms with Crippen LogP contribution >= 0.6 is 0 Å². The zero-order valence-electron chi connectivity index (χ0n) is 15.8. The van der Waals surface area contributed by atoms with E-state index in [4.69, 9.17) is 4.42 Å². The van der Waals surface area contributed by atoms with Crippen molar-refractivity contribution in [2.24, 2.45) is 0 Å². The monoisotopic (exact) mass is 377 g/mol. The molecule has 0 saturated carbocycles. The van der Waals surface area contributed by atoms with Gasteiger partial charge < -0.3 is 9.73 Å². The highest BCUT2D eigenvalue weighted by Crippen LogP contribution is 2.30. The highest BCUT2D eigenvalue weighted by molar-refractivity contribution is 6.09. The van der Waals surface area contributed by atoms with E-state index in [-0.39, 0.29) is 12.3 Å². The van der Waals surface area contributed by atoms with E-state index < -0.39 is 0 Å². The van der Waals surface area contributed by atoms with Crippen LogP contribution < -0.4 is 5.32 Å². The summed E-state index contributed by atoms with van der Waals surface area (Å²) in [5.74, 6) is -0.0619. The largest absolute Gasteiger partial charge is 0.464 e. The predicted molar refractivity (Wildman–Crippen MR) is 118 cm³/mol. The Morgan fingerprint density at radius 1 is 0.759 bits per heavy atom. The Balaban J connectivity index is 1.37. The van der Waals surface area contributed by atoms with E-state index in [2.05, 4.69) is 29.6 Å². The molecule has 0 spiro atoms. The van der Waals surface area contributed by atoms with Gasteiger partial charge in [-0.3, -0.25) is 4.79 Å². The van der Waals surface area contributed by atoms with Crippen LogP contribution in [0.1, 0.15) is 5.56 Å². The highest BCUT2D eigenvalue weighted by Gasteiger charge is 2.13. The standard InChI is InChI=1S/C26H19NO2/c28-25(27-22-13-10-19(11-14-22)18-6-2-1-3-7-18)16-21-17-29-24-15-12-20-8-4-5-9-23(20)26(21)24/h1-15,17H,16H2,(H,27,28). The summed E-state index contributed by atoms with van der Waals surface area (Å²) >= 11 is 0. The average molecular weight is 377 g/mol. The summed E-state index contributed by atoms with van der Waals surface area (Å²) in [6, 6.07) is 30.2. The molecule has 5 rings (SSSR count). The van der Waals surface area contributed by atoms with Gasteiger partial charge in [0.25, 0.3) is 0 Å². The lowest BCUT2D eigenvalue weighted by Gasteiger charge is -2.07. The Morgan fingerprint density at radius 3 is 2.31 bits per heavy atom. The molecule has 4 aromatic carbocycles. The first-order valence-corrected chi connectivity index (χ1v) is 9.61. The molecule has 0 atom stereocenters. The molecule has 1 amide bonds. The summed E-state index contributed by atoms with van der Waals surface area (Å²) in [6.07, 6.45) is 1.95. The van der Waals surface area contributed by atoms with Gasteiger partial charge in [-0.15, -0.1) is 0 Å². The molecule has 0 aliphatic carbocycles. The molecule has 3 heteroatoms. The molecule has 1 N–H and O–H groups in total. The third-order valence-electron chi connectivity index (χ3n) is 5.17. The fourth-order valence-corrected chi connectivity index (χ4v) is 3.76. The number of rotatable bonds is 4. The van der Waals surface area contributed by atoms with Crippen molar-refractivity contribution in [3.05, 3.63) is 103 Å². The van der Waals surface area contributed by atoms with Gasteiger partial charge >= 0.3 is 0 Å². The van der Waals surface area contributed by atoms with Gasteiger partial charge in [0.05, 0.1) is 12.7 Å². The van der Waals surface area contributed by atoms with Crippen LogP contribution in [0.3, 0.4) is 0 Å². The molecule has 3 nitrogen and oxygen atoms in total. The summed E-state index contributed by atoms with van der Waals surface area (Å²) in [5.41, 5.74) is 4.76. The SMILES string of the molecule is O=C(Cc1coc2ccc3ccccc3c12)Nc1ccc(-c2ccccc2)cc1. The molecule has 0 aliphatic heterocycles. The van der Waals surface area contributed by atoms with E-state index in [1.165, 1.54) is 0 Å². The lowest BCUT2D eigenvalue weighted by atomic mass is 10.0. The number of carbonyl (C=O) groups is 1. The van der Waals surface area contributed by atoms with Crippen molar-refractivity contribution < 1.29 is 9.21 Å². The van der Waals surface area contributed by atoms with Gasteiger partial charge in [-0.2, -0.15) is 0 Å². The molecular weight excluding hydrogens is 358 g/mol. The second-order valence-corrected chi connectivity index (χ2v) is 7.09. The average Bonchev–Trinajstić information content (AvgIpc) is 3.18. The molecule has 0 radical (unpaired) electrons. The molecule has 0 fully saturated rings. The molecule has 140 valence electrons. The lowest BCUT2D eigenvalue weighted by molar-refractivity contribution is -0.115. The minimum atomic E-state index is -0.0619. The smallest absolute Gasteiger partial charge is 0.228 e. The van der Waals surface area contributed by atoms with Crippen LogP contribution in [-0.2, 0) is 11.2 Å². The third-order valence-corrected chi connectivity index (χ3v) is 5.17. The molecule has 0 aliphatic rings. The van der Waals surface area contributed by atoms with Gasteiger partial charge in [-0.05, 0) is 40.1 Å². The van der Waals surface area contributed by atoms with Gasteiger partial charge in [-0.25, -0.2) is 0 Å². The second kappa shape index (κ2) is 7.28. The Morgan fingerprint density at radius 2 is 1.48 bits per heavy atom. The first kappa shape index (κ1) is 17.3. The molecule has 1 aromatic heterocycles. The number of carbonyl (C=O) groups excluding carboxylic acids is 1. The van der Waals surface area contributed by atoms with E-state index >= 15 is 0 Å². The fraction of sp³-hybridized carbons (Fsp3) is 0.0385. The highest BCUT2D eigenvalue weighted by atomic mass is 16.3. The van der Waals surface area contributed by atoms with Crippen molar-refractivity contribution in [1.82, 2.24) is 0 Å². The van der Waals surface area contributed by atoms with Crippen LogP contribution in [0.4, 0.5) is 5.69 Å². The van der Waals surface area contributed by atoms with Gasteiger partial charge in [-0.1, -0.05) is 72.8 Å². The van der Waals surface area contributed by atoms with Gasteiger partial charge in [0, 0.05) is 16.6 Å². The number of fused-ring (bicyclic) bond motifs is 3. The number of nitrogens with one attached hydrogen (secondary N) is 1. The summed E-state index contributed by atoms with van der Waals surface area (Å²) in [4.78, 5) is 12.7. The van der Waals surface area contributed by atoms with Crippen LogP contribution in [0.5, 0.6) is 0 Å². The van der Waals surface area contributed by atoms with Crippen molar-refractivity contribution in [3.63, 3.8) is 0 Å². The maximum absolute atomic E-state index is 12.7. The maximum atomic E-state index is 12.7. The number of benzene rings is 4. The van der Waals surface area contributed by atoms with Gasteiger partial charge in [0.2, 0.25) is 5.91 Å². The van der Waals surface area contributed by atoms with Gasteiger partial charge in [0.15, 0.2) is 0 Å². The van der Waals surface area contributed by atoms with Crippen LogP contribution in [0.25, 0.3) is 32.9 Å². The molecule has 0 saturated heterocycles. The number of furan rings is 1. The molecule has 0 unspecified atom stereocenters. The van der Waals surface area contributed by atoms with E-state index in [0.717, 1.165) is 44.1 Å². The molecular formula is C26H19NO2. The molecule has 29 heavy (non-hydrogen) atoms. The molecule has 0 bridgehead atoms. The van der Waals surface area contributed by atoms with Crippen LogP contribution in [-0.4, -0.2) is 5.91 Å². The fourth-order valence-electron chi connectivity index (χ4n) is 3.76. The van der Waals surface area contributed by atoms with Gasteiger partial charge in [0.1, 0.15) is 5.58 Å². The number of hydrogen-bond donors (Lipinski definition) is 1. The number of amides is 1. The van der Waals surface area contributed by atoms with Crippen molar-refractivity contribution in [2.45, 2.75) is 6.42 Å². The van der Waals surface area contributed by atoms with Crippen LogP contribution in [0, 0.1) is 0 Å². The van der Waals surface area contributed by atoms with Crippen LogP contribution in [0.15, 0.2) is 102 Å². The first-order valence-electron chi connectivity index (χ1n) is 9.61. The second-order valence-electron chi connectivity index (χ2n) is 7.09. The molecule has 5 aromatic rings. The van der Waals surface area contributed by atoms with E-state index in [1.807, 2.05) is 66.7 Å². The summed E-state index contributed by atoms with van der Waals surface area (Å²) < 4.78 is 5.69. The van der Waals surface area contributed by atoms with Crippen LogP contribution in [0.2, 0.25) is 0 Å². The Kier molecular flexibility index (Phi) is 4.34. The number of hydrogen-bond acceptors (Lipinski definition) is 2. The Hall–Kier alpha value is -3.85. The Labute approximate surface area is 168 Å². The topological polar surface area (TPSA) is 42.2 Å². The van der Waals surface area contributed by atoms with Crippen molar-refractivity contribution in [1.29, 1.82) is 0 Å². The lowest BCUT2D eigenvalue weighted by Crippen LogP contribution is -2.14. The predicted octanol–water partition coefficient (Wildman–Crippen LogP) is 6.43.